The molecular formula is C19H15N7O. The molecule has 132 valence electrons. The standard InChI is InChI=1S/C19H15N7O/c1-12-10-15(24-27-12)17-19-22-18(21-11-13-6-4-5-9-20-13)14-7-2-3-8-16(14)26(19)25-23-17/h2-10H,11H2,1H3,(H,21,22). The molecule has 0 spiro atoms. The molecule has 5 aromatic rings. The van der Waals surface area contributed by atoms with Gasteiger partial charge in [0.05, 0.1) is 17.8 Å². The van der Waals surface area contributed by atoms with Gasteiger partial charge in [0.2, 0.25) is 0 Å². The lowest BCUT2D eigenvalue weighted by Crippen LogP contribution is -2.05. The van der Waals surface area contributed by atoms with Crippen molar-refractivity contribution < 1.29 is 4.52 Å². The Morgan fingerprint density at radius 3 is 2.81 bits per heavy atom. The lowest BCUT2D eigenvalue weighted by molar-refractivity contribution is 0.399. The lowest BCUT2D eigenvalue weighted by atomic mass is 10.2. The van der Waals surface area contributed by atoms with Crippen molar-refractivity contribution in [3.05, 3.63) is 66.2 Å². The van der Waals surface area contributed by atoms with Gasteiger partial charge in [0.15, 0.2) is 11.3 Å². The number of benzene rings is 1. The van der Waals surface area contributed by atoms with Crippen LogP contribution in [0.15, 0.2) is 59.3 Å². The molecule has 1 aromatic carbocycles. The van der Waals surface area contributed by atoms with Crippen molar-refractivity contribution in [1.29, 1.82) is 0 Å². The van der Waals surface area contributed by atoms with Gasteiger partial charge in [-0.2, -0.15) is 4.52 Å². The molecule has 0 radical (unpaired) electrons. The summed E-state index contributed by atoms with van der Waals surface area (Å²) in [7, 11) is 0. The third-order valence-electron chi connectivity index (χ3n) is 4.29. The van der Waals surface area contributed by atoms with Crippen LogP contribution < -0.4 is 5.32 Å². The van der Waals surface area contributed by atoms with E-state index in [0.29, 0.717) is 29.3 Å². The minimum Gasteiger partial charge on any atom is -0.364 e. The van der Waals surface area contributed by atoms with Crippen LogP contribution in [-0.4, -0.2) is 30.0 Å². The smallest absolute Gasteiger partial charge is 0.188 e. The quantitative estimate of drug-likeness (QED) is 0.527. The second-order valence-electron chi connectivity index (χ2n) is 6.15. The third-order valence-corrected chi connectivity index (χ3v) is 4.29. The summed E-state index contributed by atoms with van der Waals surface area (Å²) in [6.45, 7) is 2.40. The molecule has 0 aliphatic rings. The van der Waals surface area contributed by atoms with Crippen molar-refractivity contribution >= 4 is 22.4 Å². The molecule has 5 rings (SSSR count). The van der Waals surface area contributed by atoms with Crippen molar-refractivity contribution in [2.45, 2.75) is 13.5 Å². The molecule has 4 aromatic heterocycles. The third kappa shape index (κ3) is 2.67. The van der Waals surface area contributed by atoms with E-state index in [9.17, 15) is 0 Å². The largest absolute Gasteiger partial charge is 0.364 e. The number of pyridine rings is 1. The van der Waals surface area contributed by atoms with Crippen LogP contribution in [-0.2, 0) is 6.54 Å². The highest BCUT2D eigenvalue weighted by molar-refractivity contribution is 5.92. The Bertz CT molecular complexity index is 1240. The monoisotopic (exact) mass is 357 g/mol. The van der Waals surface area contributed by atoms with E-state index in [4.69, 9.17) is 9.51 Å². The van der Waals surface area contributed by atoms with Gasteiger partial charge in [-0.25, -0.2) is 4.98 Å². The number of nitrogens with zero attached hydrogens (tertiary/aromatic N) is 6. The van der Waals surface area contributed by atoms with Gasteiger partial charge in [-0.15, -0.1) is 5.10 Å². The van der Waals surface area contributed by atoms with Gasteiger partial charge < -0.3 is 9.84 Å². The highest BCUT2D eigenvalue weighted by Crippen LogP contribution is 2.27. The van der Waals surface area contributed by atoms with E-state index < -0.39 is 0 Å². The van der Waals surface area contributed by atoms with Gasteiger partial charge in [0, 0.05) is 17.6 Å². The van der Waals surface area contributed by atoms with E-state index in [1.165, 1.54) is 0 Å². The summed E-state index contributed by atoms with van der Waals surface area (Å²) in [5, 5.41) is 16.9. The highest BCUT2D eigenvalue weighted by Gasteiger charge is 2.18. The number of rotatable bonds is 4. The SMILES string of the molecule is Cc1cc(-c2nnn3c2nc(NCc2ccccn2)c2ccccc23)no1. The predicted octanol–water partition coefficient (Wildman–Crippen LogP) is 3.25. The number of aryl methyl sites for hydroxylation is 1. The summed E-state index contributed by atoms with van der Waals surface area (Å²) in [4.78, 5) is 9.13. The number of aromatic nitrogens is 6. The fourth-order valence-electron chi connectivity index (χ4n) is 3.02. The normalized spacial score (nSPS) is 11.3. The average molecular weight is 357 g/mol. The molecule has 0 aliphatic heterocycles. The zero-order chi connectivity index (χ0) is 18.2. The zero-order valence-electron chi connectivity index (χ0n) is 14.5. The van der Waals surface area contributed by atoms with Gasteiger partial charge in [-0.1, -0.05) is 28.6 Å². The molecule has 0 atom stereocenters. The number of anilines is 1. The first-order chi connectivity index (χ1) is 13.3. The van der Waals surface area contributed by atoms with Gasteiger partial charge in [-0.05, 0) is 31.2 Å². The second-order valence-corrected chi connectivity index (χ2v) is 6.15. The number of para-hydroxylation sites is 1. The molecule has 1 N–H and O–H groups in total. The maximum atomic E-state index is 5.18. The van der Waals surface area contributed by atoms with Crippen molar-refractivity contribution in [2.75, 3.05) is 5.32 Å². The zero-order valence-corrected chi connectivity index (χ0v) is 14.5. The van der Waals surface area contributed by atoms with Crippen molar-refractivity contribution in [2.24, 2.45) is 0 Å². The van der Waals surface area contributed by atoms with Gasteiger partial charge in [0.25, 0.3) is 0 Å². The number of hydrogen-bond acceptors (Lipinski definition) is 7. The number of nitrogens with one attached hydrogen (secondary N) is 1. The van der Waals surface area contributed by atoms with Crippen LogP contribution in [0.5, 0.6) is 0 Å². The Labute approximate surface area is 153 Å². The van der Waals surface area contributed by atoms with Crippen LogP contribution in [0.25, 0.3) is 27.9 Å². The van der Waals surface area contributed by atoms with Crippen LogP contribution in [0, 0.1) is 6.92 Å². The maximum absolute atomic E-state index is 5.18. The summed E-state index contributed by atoms with van der Waals surface area (Å²) in [6.07, 6.45) is 1.78. The molecule has 27 heavy (non-hydrogen) atoms. The Balaban J connectivity index is 1.66. The molecule has 0 aliphatic carbocycles. The summed E-state index contributed by atoms with van der Waals surface area (Å²) in [6, 6.07) is 15.6. The first-order valence-electron chi connectivity index (χ1n) is 8.51. The molecule has 8 nitrogen and oxygen atoms in total. The summed E-state index contributed by atoms with van der Waals surface area (Å²) < 4.78 is 6.90. The molecule has 0 saturated heterocycles. The molecule has 8 heteroatoms. The molecule has 4 heterocycles. The number of hydrogen-bond donors (Lipinski definition) is 1. The molecular weight excluding hydrogens is 342 g/mol. The van der Waals surface area contributed by atoms with E-state index in [0.717, 1.165) is 22.4 Å². The van der Waals surface area contributed by atoms with E-state index in [1.54, 1.807) is 10.7 Å². The fourth-order valence-corrected chi connectivity index (χ4v) is 3.02. The Hall–Kier alpha value is -3.81. The van der Waals surface area contributed by atoms with E-state index in [-0.39, 0.29) is 0 Å². The van der Waals surface area contributed by atoms with E-state index in [2.05, 4.69) is 25.8 Å². The summed E-state index contributed by atoms with van der Waals surface area (Å²) in [5.74, 6) is 1.45. The van der Waals surface area contributed by atoms with Crippen LogP contribution in [0.4, 0.5) is 5.82 Å². The Kier molecular flexibility index (Phi) is 3.53. The first kappa shape index (κ1) is 15.4. The molecule has 0 unspecified atom stereocenters. The minimum absolute atomic E-state index is 0.563. The molecule has 0 bridgehead atoms. The van der Waals surface area contributed by atoms with Crippen molar-refractivity contribution in [1.82, 2.24) is 30.0 Å². The first-order valence-corrected chi connectivity index (χ1v) is 8.51. The van der Waals surface area contributed by atoms with Crippen molar-refractivity contribution in [3.63, 3.8) is 0 Å². The minimum atomic E-state index is 0.563. The molecule has 0 fully saturated rings. The molecule has 0 amide bonds. The summed E-state index contributed by atoms with van der Waals surface area (Å²) >= 11 is 0. The summed E-state index contributed by atoms with van der Waals surface area (Å²) in [5.41, 5.74) is 3.65. The van der Waals surface area contributed by atoms with Gasteiger partial charge in [0.1, 0.15) is 17.3 Å². The Morgan fingerprint density at radius 2 is 2.00 bits per heavy atom. The highest BCUT2D eigenvalue weighted by atomic mass is 16.5. The van der Waals surface area contributed by atoms with Crippen LogP contribution in [0.2, 0.25) is 0 Å². The average Bonchev–Trinajstić information content (AvgIpc) is 3.33. The predicted molar refractivity (Wildman–Crippen MR) is 100 cm³/mol. The maximum Gasteiger partial charge on any atom is 0.188 e. The Morgan fingerprint density at radius 1 is 1.11 bits per heavy atom. The topological polar surface area (TPSA) is 94.0 Å². The van der Waals surface area contributed by atoms with E-state index in [1.807, 2.05) is 55.5 Å². The second kappa shape index (κ2) is 6.17. The van der Waals surface area contributed by atoms with Crippen LogP contribution >= 0.6 is 0 Å². The van der Waals surface area contributed by atoms with Crippen molar-refractivity contribution in [3.8, 4) is 11.4 Å². The van der Waals surface area contributed by atoms with Crippen LogP contribution in [0.3, 0.4) is 0 Å². The van der Waals surface area contributed by atoms with Crippen LogP contribution in [0.1, 0.15) is 11.5 Å². The number of fused-ring (bicyclic) bond motifs is 3. The van der Waals surface area contributed by atoms with E-state index >= 15 is 0 Å². The van der Waals surface area contributed by atoms with Gasteiger partial charge >= 0.3 is 0 Å². The van der Waals surface area contributed by atoms with Gasteiger partial charge in [-0.3, -0.25) is 4.98 Å². The molecule has 0 saturated carbocycles. The fraction of sp³-hybridized carbons (Fsp3) is 0.105. The lowest BCUT2D eigenvalue weighted by Gasteiger charge is -2.10.